The molecule has 1 aliphatic carbocycles. The van der Waals surface area contributed by atoms with Gasteiger partial charge in [0.25, 0.3) is 0 Å². The number of rotatable bonds is 6. The molecule has 6 nitrogen and oxygen atoms in total. The van der Waals surface area contributed by atoms with Gasteiger partial charge in [-0.15, -0.1) is 0 Å². The first-order valence-electron chi connectivity index (χ1n) is 6.64. The summed E-state index contributed by atoms with van der Waals surface area (Å²) in [4.78, 5) is 20.3. The van der Waals surface area contributed by atoms with Crippen molar-refractivity contribution in [3.05, 3.63) is 11.9 Å². The number of anilines is 1. The van der Waals surface area contributed by atoms with Crippen molar-refractivity contribution in [2.24, 2.45) is 0 Å². The van der Waals surface area contributed by atoms with E-state index in [-0.39, 0.29) is 11.9 Å². The lowest BCUT2D eigenvalue weighted by Gasteiger charge is -2.15. The van der Waals surface area contributed by atoms with E-state index in [0.717, 1.165) is 12.8 Å². The van der Waals surface area contributed by atoms with Gasteiger partial charge in [0.1, 0.15) is 17.7 Å². The number of amides is 1. The van der Waals surface area contributed by atoms with Crippen LogP contribution in [0, 0.1) is 6.92 Å². The van der Waals surface area contributed by atoms with Crippen LogP contribution in [0.25, 0.3) is 0 Å². The van der Waals surface area contributed by atoms with Crippen LogP contribution in [-0.2, 0) is 4.79 Å². The molecule has 1 fully saturated rings. The first-order valence-corrected chi connectivity index (χ1v) is 6.64. The monoisotopic (exact) mass is 264 g/mol. The van der Waals surface area contributed by atoms with Crippen LogP contribution in [0.5, 0.6) is 5.88 Å². The highest BCUT2D eigenvalue weighted by Crippen LogP contribution is 2.19. The summed E-state index contributed by atoms with van der Waals surface area (Å²) in [7, 11) is 0. The molecule has 6 heteroatoms. The van der Waals surface area contributed by atoms with E-state index in [1.807, 2.05) is 13.8 Å². The molecule has 2 rings (SSSR count). The van der Waals surface area contributed by atoms with Crippen LogP contribution in [0.4, 0.5) is 5.82 Å². The Morgan fingerprint density at radius 1 is 1.53 bits per heavy atom. The van der Waals surface area contributed by atoms with E-state index in [4.69, 9.17) is 4.74 Å². The van der Waals surface area contributed by atoms with Crippen molar-refractivity contribution in [2.45, 2.75) is 45.7 Å². The molecule has 2 N–H and O–H groups in total. The molecule has 19 heavy (non-hydrogen) atoms. The molecule has 1 heterocycles. The van der Waals surface area contributed by atoms with Crippen molar-refractivity contribution < 1.29 is 9.53 Å². The second kappa shape index (κ2) is 5.86. The van der Waals surface area contributed by atoms with Gasteiger partial charge in [0.15, 0.2) is 0 Å². The van der Waals surface area contributed by atoms with Gasteiger partial charge in [-0.25, -0.2) is 4.98 Å². The average Bonchev–Trinajstić information content (AvgIpc) is 3.12. The number of carbonyl (C=O) groups excluding carboxylic acids is 1. The van der Waals surface area contributed by atoms with Gasteiger partial charge in [0, 0.05) is 12.1 Å². The van der Waals surface area contributed by atoms with Gasteiger partial charge in [0.2, 0.25) is 11.8 Å². The number of aryl methyl sites for hydroxylation is 1. The van der Waals surface area contributed by atoms with E-state index in [9.17, 15) is 4.79 Å². The summed E-state index contributed by atoms with van der Waals surface area (Å²) in [6.07, 6.45) is 2.17. The summed E-state index contributed by atoms with van der Waals surface area (Å²) in [6.45, 7) is 6.06. The first-order chi connectivity index (χ1) is 9.08. The minimum Gasteiger partial charge on any atom is -0.478 e. The second-order valence-electron chi connectivity index (χ2n) is 4.72. The standard InChI is InChI=1S/C13H20N4O2/c1-4-19-12-7-11(15-9(3)16-12)14-8(2)13(18)17-10-5-6-10/h7-8,10H,4-6H2,1-3H3,(H,17,18)(H,14,15,16). The van der Waals surface area contributed by atoms with Gasteiger partial charge in [-0.2, -0.15) is 4.98 Å². The maximum absolute atomic E-state index is 11.8. The average molecular weight is 264 g/mol. The van der Waals surface area contributed by atoms with Crippen LogP contribution in [-0.4, -0.2) is 34.6 Å². The van der Waals surface area contributed by atoms with E-state index < -0.39 is 0 Å². The maximum Gasteiger partial charge on any atom is 0.242 e. The lowest BCUT2D eigenvalue weighted by molar-refractivity contribution is -0.121. The summed E-state index contributed by atoms with van der Waals surface area (Å²) in [6, 6.07) is 1.74. The Bertz CT molecular complexity index is 460. The highest BCUT2D eigenvalue weighted by atomic mass is 16.5. The molecule has 1 amide bonds. The number of ether oxygens (including phenoxy) is 1. The third kappa shape index (κ3) is 4.08. The van der Waals surface area contributed by atoms with Crippen molar-refractivity contribution in [3.8, 4) is 5.88 Å². The number of nitrogens with zero attached hydrogens (tertiary/aromatic N) is 2. The van der Waals surface area contributed by atoms with Gasteiger partial charge >= 0.3 is 0 Å². The topological polar surface area (TPSA) is 76.1 Å². The van der Waals surface area contributed by atoms with E-state index in [0.29, 0.717) is 30.2 Å². The van der Waals surface area contributed by atoms with Crippen molar-refractivity contribution in [1.82, 2.24) is 15.3 Å². The lowest BCUT2D eigenvalue weighted by Crippen LogP contribution is -2.38. The second-order valence-corrected chi connectivity index (χ2v) is 4.72. The Morgan fingerprint density at radius 2 is 2.26 bits per heavy atom. The van der Waals surface area contributed by atoms with Crippen molar-refractivity contribution in [3.63, 3.8) is 0 Å². The molecule has 1 atom stereocenters. The summed E-state index contributed by atoms with van der Waals surface area (Å²) in [5.74, 6) is 1.74. The number of aromatic nitrogens is 2. The molecule has 1 unspecified atom stereocenters. The van der Waals surface area contributed by atoms with E-state index in [2.05, 4.69) is 20.6 Å². The highest BCUT2D eigenvalue weighted by molar-refractivity contribution is 5.84. The summed E-state index contributed by atoms with van der Waals surface area (Å²) < 4.78 is 5.35. The predicted octanol–water partition coefficient (Wildman–Crippen LogP) is 1.26. The predicted molar refractivity (Wildman–Crippen MR) is 72.2 cm³/mol. The molecule has 0 radical (unpaired) electrons. The number of carbonyl (C=O) groups is 1. The lowest BCUT2D eigenvalue weighted by atomic mass is 10.3. The van der Waals surface area contributed by atoms with Crippen LogP contribution >= 0.6 is 0 Å². The Balaban J connectivity index is 1.98. The Kier molecular flexibility index (Phi) is 4.19. The number of hydrogen-bond donors (Lipinski definition) is 2. The normalized spacial score (nSPS) is 15.7. The molecule has 104 valence electrons. The van der Waals surface area contributed by atoms with Gasteiger partial charge in [-0.05, 0) is 33.6 Å². The zero-order valence-electron chi connectivity index (χ0n) is 11.6. The molecular weight excluding hydrogens is 244 g/mol. The SMILES string of the molecule is CCOc1cc(NC(C)C(=O)NC2CC2)nc(C)n1. The molecule has 1 aromatic rings. The maximum atomic E-state index is 11.8. The smallest absolute Gasteiger partial charge is 0.242 e. The molecule has 0 aliphatic heterocycles. The quantitative estimate of drug-likeness (QED) is 0.809. The fourth-order valence-electron chi connectivity index (χ4n) is 1.68. The van der Waals surface area contributed by atoms with Crippen molar-refractivity contribution in [2.75, 3.05) is 11.9 Å². The molecule has 0 bridgehead atoms. The van der Waals surface area contributed by atoms with E-state index in [1.54, 1.807) is 13.0 Å². The van der Waals surface area contributed by atoms with Crippen LogP contribution < -0.4 is 15.4 Å². The minimum absolute atomic E-state index is 0.00303. The minimum atomic E-state index is -0.329. The summed E-state index contributed by atoms with van der Waals surface area (Å²) >= 11 is 0. The van der Waals surface area contributed by atoms with E-state index >= 15 is 0 Å². The van der Waals surface area contributed by atoms with Crippen LogP contribution in [0.15, 0.2) is 6.07 Å². The highest BCUT2D eigenvalue weighted by Gasteiger charge is 2.25. The number of nitrogens with one attached hydrogen (secondary N) is 2. The van der Waals surface area contributed by atoms with Gasteiger partial charge < -0.3 is 15.4 Å². The Hall–Kier alpha value is -1.85. The molecule has 1 aliphatic rings. The van der Waals surface area contributed by atoms with Gasteiger partial charge in [0.05, 0.1) is 6.61 Å². The Morgan fingerprint density at radius 3 is 2.89 bits per heavy atom. The van der Waals surface area contributed by atoms with Gasteiger partial charge in [-0.3, -0.25) is 4.79 Å². The van der Waals surface area contributed by atoms with Crippen molar-refractivity contribution >= 4 is 11.7 Å². The van der Waals surface area contributed by atoms with Crippen LogP contribution in [0.3, 0.4) is 0 Å². The van der Waals surface area contributed by atoms with Gasteiger partial charge in [-0.1, -0.05) is 0 Å². The molecule has 1 saturated carbocycles. The summed E-state index contributed by atoms with van der Waals surface area (Å²) in [5, 5.41) is 6.02. The Labute approximate surface area is 113 Å². The van der Waals surface area contributed by atoms with Crippen molar-refractivity contribution in [1.29, 1.82) is 0 Å². The third-order valence-electron chi connectivity index (χ3n) is 2.79. The fourth-order valence-corrected chi connectivity index (χ4v) is 1.68. The zero-order chi connectivity index (χ0) is 13.8. The first kappa shape index (κ1) is 13.6. The van der Waals surface area contributed by atoms with E-state index in [1.165, 1.54) is 0 Å². The molecule has 0 saturated heterocycles. The molecular formula is C13H20N4O2. The zero-order valence-corrected chi connectivity index (χ0v) is 11.6. The molecule has 1 aromatic heterocycles. The van der Waals surface area contributed by atoms with Crippen LogP contribution in [0.2, 0.25) is 0 Å². The molecule has 0 aromatic carbocycles. The number of hydrogen-bond acceptors (Lipinski definition) is 5. The largest absolute Gasteiger partial charge is 0.478 e. The fraction of sp³-hybridized carbons (Fsp3) is 0.615. The third-order valence-corrected chi connectivity index (χ3v) is 2.79. The molecule has 0 spiro atoms. The van der Waals surface area contributed by atoms with Crippen LogP contribution in [0.1, 0.15) is 32.5 Å². The summed E-state index contributed by atoms with van der Waals surface area (Å²) in [5.41, 5.74) is 0.